The SMILES string of the molecule is C=C(OC)C(=O)C[C@H]1c2ccccc2OC(=O)[C@@H]1[N+](=O)[O-]. The van der Waals surface area contributed by atoms with E-state index in [0.717, 1.165) is 0 Å². The van der Waals surface area contributed by atoms with Crippen molar-refractivity contribution in [3.05, 3.63) is 52.3 Å². The van der Waals surface area contributed by atoms with Gasteiger partial charge in [0.1, 0.15) is 5.75 Å². The number of ether oxygens (including phenoxy) is 2. The predicted octanol–water partition coefficient (Wildman–Crippen LogP) is 1.45. The number of allylic oxidation sites excluding steroid dienone is 1. The fourth-order valence-corrected chi connectivity index (χ4v) is 2.26. The Hall–Kier alpha value is -2.70. The van der Waals surface area contributed by atoms with Crippen LogP contribution < -0.4 is 4.74 Å². The van der Waals surface area contributed by atoms with E-state index in [-0.39, 0.29) is 17.9 Å². The van der Waals surface area contributed by atoms with E-state index in [1.807, 2.05) is 0 Å². The Morgan fingerprint density at radius 1 is 1.48 bits per heavy atom. The van der Waals surface area contributed by atoms with E-state index in [4.69, 9.17) is 9.47 Å². The van der Waals surface area contributed by atoms with Crippen molar-refractivity contribution in [3.63, 3.8) is 0 Å². The smallest absolute Gasteiger partial charge is 0.387 e. The van der Waals surface area contributed by atoms with Crippen LogP contribution in [0.3, 0.4) is 0 Å². The number of hydrogen-bond acceptors (Lipinski definition) is 6. The summed E-state index contributed by atoms with van der Waals surface area (Å²) in [7, 11) is 1.29. The fraction of sp³-hybridized carbons (Fsp3) is 0.286. The zero-order chi connectivity index (χ0) is 15.6. The van der Waals surface area contributed by atoms with Gasteiger partial charge in [-0.1, -0.05) is 24.8 Å². The number of benzene rings is 1. The monoisotopic (exact) mass is 291 g/mol. The second kappa shape index (κ2) is 5.74. The lowest BCUT2D eigenvalue weighted by atomic mass is 9.84. The number of Topliss-reactive ketones (excluding diaryl/α,β-unsaturated/α-hetero) is 1. The summed E-state index contributed by atoms with van der Waals surface area (Å²) in [5.41, 5.74) is 0.455. The molecule has 0 bridgehead atoms. The van der Waals surface area contributed by atoms with Crippen molar-refractivity contribution >= 4 is 11.8 Å². The van der Waals surface area contributed by atoms with Gasteiger partial charge < -0.3 is 9.47 Å². The Labute approximate surface area is 120 Å². The van der Waals surface area contributed by atoms with E-state index in [9.17, 15) is 19.7 Å². The molecular formula is C14H13NO6. The maximum absolute atomic E-state index is 11.9. The summed E-state index contributed by atoms with van der Waals surface area (Å²) in [6, 6.07) is 4.83. The van der Waals surface area contributed by atoms with Gasteiger partial charge in [-0.15, -0.1) is 0 Å². The molecule has 0 saturated heterocycles. The van der Waals surface area contributed by atoms with Crippen molar-refractivity contribution in [2.24, 2.45) is 0 Å². The number of ketones is 1. The third-order valence-electron chi connectivity index (χ3n) is 3.34. The number of esters is 1. The van der Waals surface area contributed by atoms with Gasteiger partial charge in [0.05, 0.1) is 13.0 Å². The number of nitro groups is 1. The molecule has 1 aliphatic rings. The van der Waals surface area contributed by atoms with Crippen molar-refractivity contribution in [1.82, 2.24) is 0 Å². The molecule has 0 fully saturated rings. The molecule has 0 aromatic heterocycles. The van der Waals surface area contributed by atoms with Gasteiger partial charge in [0.15, 0.2) is 11.5 Å². The molecule has 0 radical (unpaired) electrons. The van der Waals surface area contributed by atoms with Crippen LogP contribution in [0.15, 0.2) is 36.6 Å². The molecule has 0 N–H and O–H groups in total. The summed E-state index contributed by atoms with van der Waals surface area (Å²) in [6.07, 6.45) is -0.246. The summed E-state index contributed by atoms with van der Waals surface area (Å²) in [5, 5.41) is 11.1. The Bertz CT molecular complexity index is 624. The normalized spacial score (nSPS) is 20.1. The summed E-state index contributed by atoms with van der Waals surface area (Å²) < 4.78 is 9.69. The summed E-state index contributed by atoms with van der Waals surface area (Å²) >= 11 is 0. The van der Waals surface area contributed by atoms with Crippen LogP contribution in [0.2, 0.25) is 0 Å². The van der Waals surface area contributed by atoms with Gasteiger partial charge >= 0.3 is 12.0 Å². The minimum absolute atomic E-state index is 0.103. The number of para-hydroxylation sites is 1. The molecule has 0 saturated carbocycles. The molecule has 110 valence electrons. The second-order valence-electron chi connectivity index (χ2n) is 4.55. The van der Waals surface area contributed by atoms with Crippen LogP contribution in [0, 0.1) is 10.1 Å². The van der Waals surface area contributed by atoms with Gasteiger partial charge in [-0.3, -0.25) is 14.9 Å². The molecule has 0 aliphatic carbocycles. The molecule has 7 nitrogen and oxygen atoms in total. The minimum Gasteiger partial charge on any atom is -0.494 e. The average molecular weight is 291 g/mol. The van der Waals surface area contributed by atoms with E-state index >= 15 is 0 Å². The van der Waals surface area contributed by atoms with E-state index in [1.54, 1.807) is 18.2 Å². The van der Waals surface area contributed by atoms with Crippen LogP contribution in [0.5, 0.6) is 5.75 Å². The fourth-order valence-electron chi connectivity index (χ4n) is 2.26. The van der Waals surface area contributed by atoms with Crippen LogP contribution in [0.25, 0.3) is 0 Å². The Morgan fingerprint density at radius 3 is 2.76 bits per heavy atom. The van der Waals surface area contributed by atoms with E-state index < -0.39 is 28.6 Å². The summed E-state index contributed by atoms with van der Waals surface area (Å²) in [4.78, 5) is 34.1. The van der Waals surface area contributed by atoms with Crippen LogP contribution in [-0.4, -0.2) is 29.8 Å². The molecule has 1 aromatic carbocycles. The molecule has 1 heterocycles. The Morgan fingerprint density at radius 2 is 2.14 bits per heavy atom. The molecule has 0 unspecified atom stereocenters. The first-order valence-electron chi connectivity index (χ1n) is 6.16. The number of rotatable bonds is 5. The first-order valence-corrected chi connectivity index (χ1v) is 6.16. The minimum atomic E-state index is -1.62. The first kappa shape index (κ1) is 14.7. The maximum Gasteiger partial charge on any atom is 0.387 e. The zero-order valence-corrected chi connectivity index (χ0v) is 11.3. The topological polar surface area (TPSA) is 95.7 Å². The van der Waals surface area contributed by atoms with Gasteiger partial charge in [-0.25, -0.2) is 4.79 Å². The highest BCUT2D eigenvalue weighted by atomic mass is 16.6. The van der Waals surface area contributed by atoms with Crippen molar-refractivity contribution in [3.8, 4) is 5.75 Å². The third kappa shape index (κ3) is 2.76. The van der Waals surface area contributed by atoms with Crippen molar-refractivity contribution in [1.29, 1.82) is 0 Å². The number of methoxy groups -OCH3 is 1. The lowest BCUT2D eigenvalue weighted by molar-refractivity contribution is -0.514. The Balaban J connectivity index is 2.41. The van der Waals surface area contributed by atoms with E-state index in [2.05, 4.69) is 6.58 Å². The highest BCUT2D eigenvalue weighted by Crippen LogP contribution is 2.38. The number of nitrogens with zero attached hydrogens (tertiary/aromatic N) is 1. The van der Waals surface area contributed by atoms with Gasteiger partial charge in [0, 0.05) is 16.9 Å². The summed E-state index contributed by atoms with van der Waals surface area (Å²) in [5.74, 6) is -2.23. The van der Waals surface area contributed by atoms with E-state index in [0.29, 0.717) is 5.56 Å². The molecule has 1 aliphatic heterocycles. The number of fused-ring (bicyclic) bond motifs is 1. The lowest BCUT2D eigenvalue weighted by Crippen LogP contribution is -2.43. The third-order valence-corrected chi connectivity index (χ3v) is 3.34. The van der Waals surface area contributed by atoms with Crippen molar-refractivity contribution in [2.75, 3.05) is 7.11 Å². The Kier molecular flexibility index (Phi) is 4.02. The summed E-state index contributed by atoms with van der Waals surface area (Å²) in [6.45, 7) is 3.43. The van der Waals surface area contributed by atoms with E-state index in [1.165, 1.54) is 13.2 Å². The molecule has 21 heavy (non-hydrogen) atoms. The lowest BCUT2D eigenvalue weighted by Gasteiger charge is -2.26. The second-order valence-corrected chi connectivity index (χ2v) is 4.55. The van der Waals surface area contributed by atoms with Crippen LogP contribution in [0.4, 0.5) is 0 Å². The maximum atomic E-state index is 11.9. The van der Waals surface area contributed by atoms with Crippen molar-refractivity contribution in [2.45, 2.75) is 18.4 Å². The number of carbonyl (C=O) groups excluding carboxylic acids is 2. The van der Waals surface area contributed by atoms with Crippen LogP contribution >= 0.6 is 0 Å². The van der Waals surface area contributed by atoms with Crippen LogP contribution in [-0.2, 0) is 14.3 Å². The quantitative estimate of drug-likeness (QED) is 0.203. The molecule has 0 amide bonds. The molecule has 2 atom stereocenters. The number of hydrogen-bond donors (Lipinski definition) is 0. The standard InChI is InChI=1S/C14H13NO6/c1-8(20-2)11(16)7-10-9-5-3-4-6-12(9)21-14(17)13(10)15(18)19/h3-6,10,13H,1,7H2,2H3/t10-,13+/m0/s1. The zero-order valence-electron chi connectivity index (χ0n) is 11.3. The molecular weight excluding hydrogens is 278 g/mol. The number of carbonyl (C=O) groups is 2. The van der Waals surface area contributed by atoms with Gasteiger partial charge in [0.2, 0.25) is 0 Å². The largest absolute Gasteiger partial charge is 0.494 e. The first-order chi connectivity index (χ1) is 9.95. The molecule has 1 aromatic rings. The van der Waals surface area contributed by atoms with Gasteiger partial charge in [-0.2, -0.15) is 0 Å². The molecule has 0 spiro atoms. The predicted molar refractivity (Wildman–Crippen MR) is 71.4 cm³/mol. The molecule has 2 rings (SSSR count). The van der Waals surface area contributed by atoms with Gasteiger partial charge in [-0.05, 0) is 6.07 Å². The van der Waals surface area contributed by atoms with Crippen molar-refractivity contribution < 1.29 is 24.0 Å². The molecule has 7 heteroatoms. The highest BCUT2D eigenvalue weighted by Gasteiger charge is 2.47. The highest BCUT2D eigenvalue weighted by molar-refractivity contribution is 5.94. The average Bonchev–Trinajstić information content (AvgIpc) is 2.45. The van der Waals surface area contributed by atoms with Gasteiger partial charge in [0.25, 0.3) is 0 Å². The van der Waals surface area contributed by atoms with Crippen LogP contribution in [0.1, 0.15) is 17.9 Å².